The molecule has 0 radical (unpaired) electrons. The minimum absolute atomic E-state index is 0.628. The molecule has 0 atom stereocenters. The topological polar surface area (TPSA) is 38.7 Å². The molecule has 9 aromatic rings. The Balaban J connectivity index is 1.15. The summed E-state index contributed by atoms with van der Waals surface area (Å²) in [6.45, 7) is 7.17. The van der Waals surface area contributed by atoms with Gasteiger partial charge in [-0.05, 0) is 86.0 Å². The number of benzene rings is 8. The minimum atomic E-state index is -1.50. The van der Waals surface area contributed by atoms with Gasteiger partial charge in [-0.3, -0.25) is 0 Å². The molecule has 8 aromatic carbocycles. The van der Waals surface area contributed by atoms with Crippen molar-refractivity contribution in [2.24, 2.45) is 0 Å². The Morgan fingerprint density at radius 2 is 0.483 bits per heavy atom. The van der Waals surface area contributed by atoms with Crippen molar-refractivity contribution in [2.45, 2.75) is 19.6 Å². The van der Waals surface area contributed by atoms with E-state index in [2.05, 4.69) is 226 Å². The molecular formula is C54H43N3Si. The maximum atomic E-state index is 5.20. The van der Waals surface area contributed by atoms with E-state index in [0.29, 0.717) is 17.5 Å². The first-order chi connectivity index (χ1) is 28.3. The van der Waals surface area contributed by atoms with Crippen LogP contribution in [0.2, 0.25) is 19.6 Å². The lowest BCUT2D eigenvalue weighted by molar-refractivity contribution is 1.07. The number of rotatable bonds is 9. The summed E-state index contributed by atoms with van der Waals surface area (Å²) < 4.78 is 0. The molecule has 0 N–H and O–H groups in total. The van der Waals surface area contributed by atoms with Crippen LogP contribution >= 0.6 is 0 Å². The largest absolute Gasteiger partial charge is 0.208 e. The van der Waals surface area contributed by atoms with Crippen LogP contribution in [0.3, 0.4) is 0 Å². The molecule has 0 aliphatic carbocycles. The Bertz CT molecular complexity index is 2730. The Labute approximate surface area is 342 Å². The molecular weight excluding hydrogens is 719 g/mol. The van der Waals surface area contributed by atoms with E-state index in [1.54, 1.807) is 0 Å². The summed E-state index contributed by atoms with van der Waals surface area (Å²) in [5.74, 6) is 1.89. The third kappa shape index (κ3) is 7.97. The predicted molar refractivity (Wildman–Crippen MR) is 246 cm³/mol. The van der Waals surface area contributed by atoms with Gasteiger partial charge in [0.05, 0.1) is 8.07 Å². The Hall–Kier alpha value is -7.01. The number of hydrogen-bond acceptors (Lipinski definition) is 3. The van der Waals surface area contributed by atoms with Crippen LogP contribution in [0.1, 0.15) is 0 Å². The summed E-state index contributed by atoms with van der Waals surface area (Å²) in [7, 11) is -1.50. The van der Waals surface area contributed by atoms with Crippen LogP contribution in [0.25, 0.3) is 89.8 Å². The fourth-order valence-electron chi connectivity index (χ4n) is 7.46. The van der Waals surface area contributed by atoms with E-state index < -0.39 is 8.07 Å². The van der Waals surface area contributed by atoms with Crippen molar-refractivity contribution in [3.05, 3.63) is 206 Å². The van der Waals surface area contributed by atoms with Gasteiger partial charge in [0.1, 0.15) is 0 Å². The highest BCUT2D eigenvalue weighted by Crippen LogP contribution is 2.33. The van der Waals surface area contributed by atoms with Crippen molar-refractivity contribution in [2.75, 3.05) is 0 Å². The van der Waals surface area contributed by atoms with Gasteiger partial charge in [0.2, 0.25) is 0 Å². The second kappa shape index (κ2) is 15.9. The molecule has 0 saturated heterocycles. The average Bonchev–Trinajstić information content (AvgIpc) is 3.29. The van der Waals surface area contributed by atoms with Gasteiger partial charge in [-0.2, -0.15) is 0 Å². The van der Waals surface area contributed by atoms with E-state index in [1.807, 2.05) is 0 Å². The van der Waals surface area contributed by atoms with Crippen LogP contribution in [-0.4, -0.2) is 23.0 Å². The number of hydrogen-bond donors (Lipinski definition) is 0. The molecule has 0 aliphatic heterocycles. The van der Waals surface area contributed by atoms with Crippen molar-refractivity contribution >= 4 is 13.3 Å². The quantitative estimate of drug-likeness (QED) is 0.138. The standard InChI is InChI=1S/C54H43N3Si/c1-58(2,3)51-31-15-27-47(37-51)46-26-14-30-50(36-46)54-56-52(48-28-12-24-44(34-48)42-22-10-20-40(32-42)38-16-6-4-7-17-38)55-53(57-54)49-29-13-25-45(35-49)43-23-11-21-41(33-43)39-18-8-5-9-19-39/h4-37H,1-3H3. The third-order valence-corrected chi connectivity index (χ3v) is 12.7. The molecule has 4 heteroatoms. The van der Waals surface area contributed by atoms with Crippen LogP contribution in [0, 0.1) is 0 Å². The summed E-state index contributed by atoms with van der Waals surface area (Å²) in [6, 6.07) is 73.1. The lowest BCUT2D eigenvalue weighted by Crippen LogP contribution is -2.37. The first-order valence-electron chi connectivity index (χ1n) is 19.8. The molecule has 0 aliphatic rings. The molecule has 1 aromatic heterocycles. The molecule has 0 unspecified atom stereocenters. The highest BCUT2D eigenvalue weighted by molar-refractivity contribution is 6.88. The second-order valence-corrected chi connectivity index (χ2v) is 20.9. The summed E-state index contributed by atoms with van der Waals surface area (Å²) >= 11 is 0. The second-order valence-electron chi connectivity index (χ2n) is 15.8. The molecule has 0 saturated carbocycles. The van der Waals surface area contributed by atoms with Gasteiger partial charge in [0, 0.05) is 16.7 Å². The van der Waals surface area contributed by atoms with E-state index in [0.717, 1.165) is 44.5 Å². The van der Waals surface area contributed by atoms with Crippen molar-refractivity contribution in [1.82, 2.24) is 15.0 Å². The van der Waals surface area contributed by atoms with Gasteiger partial charge in [-0.1, -0.05) is 201 Å². The van der Waals surface area contributed by atoms with E-state index >= 15 is 0 Å². The third-order valence-electron chi connectivity index (χ3n) is 10.7. The van der Waals surface area contributed by atoms with Gasteiger partial charge in [0.25, 0.3) is 0 Å². The summed E-state index contributed by atoms with van der Waals surface area (Å²) in [6.07, 6.45) is 0. The monoisotopic (exact) mass is 761 g/mol. The molecule has 9 rings (SSSR count). The fourth-order valence-corrected chi connectivity index (χ4v) is 8.64. The van der Waals surface area contributed by atoms with E-state index in [4.69, 9.17) is 15.0 Å². The molecule has 3 nitrogen and oxygen atoms in total. The highest BCUT2D eigenvalue weighted by atomic mass is 28.3. The lowest BCUT2D eigenvalue weighted by Gasteiger charge is -2.17. The maximum absolute atomic E-state index is 5.20. The van der Waals surface area contributed by atoms with Crippen molar-refractivity contribution in [1.29, 1.82) is 0 Å². The predicted octanol–water partition coefficient (Wildman–Crippen LogP) is 13.8. The zero-order chi connectivity index (χ0) is 39.5. The van der Waals surface area contributed by atoms with Gasteiger partial charge in [-0.25, -0.2) is 15.0 Å². The van der Waals surface area contributed by atoms with Crippen LogP contribution in [0.15, 0.2) is 206 Å². The summed E-state index contributed by atoms with van der Waals surface area (Å²) in [5, 5.41) is 1.43. The Morgan fingerprint density at radius 3 is 0.810 bits per heavy atom. The first-order valence-corrected chi connectivity index (χ1v) is 23.3. The van der Waals surface area contributed by atoms with Gasteiger partial charge in [0.15, 0.2) is 17.5 Å². The molecule has 58 heavy (non-hydrogen) atoms. The van der Waals surface area contributed by atoms with Crippen molar-refractivity contribution in [3.63, 3.8) is 0 Å². The van der Waals surface area contributed by atoms with E-state index in [1.165, 1.54) is 33.0 Å². The van der Waals surface area contributed by atoms with Gasteiger partial charge in [-0.15, -0.1) is 0 Å². The lowest BCUT2D eigenvalue weighted by atomic mass is 9.97. The summed E-state index contributed by atoms with van der Waals surface area (Å²) in [5.41, 5.74) is 14.4. The van der Waals surface area contributed by atoms with Crippen LogP contribution in [-0.2, 0) is 0 Å². The van der Waals surface area contributed by atoms with Gasteiger partial charge < -0.3 is 0 Å². The SMILES string of the molecule is C[Si](C)(C)c1cccc(-c2cccc(-c3nc(-c4cccc(-c5cccc(-c6ccccc6)c5)c4)nc(-c4cccc(-c5cccc(-c6ccccc6)c5)c4)n3)c2)c1. The van der Waals surface area contributed by atoms with Crippen LogP contribution in [0.4, 0.5) is 0 Å². The smallest absolute Gasteiger partial charge is 0.164 e. The van der Waals surface area contributed by atoms with Crippen LogP contribution < -0.4 is 5.19 Å². The van der Waals surface area contributed by atoms with Crippen molar-refractivity contribution in [3.8, 4) is 89.8 Å². The molecule has 278 valence electrons. The zero-order valence-electron chi connectivity index (χ0n) is 33.0. The normalized spacial score (nSPS) is 11.4. The Morgan fingerprint density at radius 1 is 0.241 bits per heavy atom. The average molecular weight is 762 g/mol. The van der Waals surface area contributed by atoms with Gasteiger partial charge >= 0.3 is 0 Å². The molecule has 0 amide bonds. The van der Waals surface area contributed by atoms with E-state index in [-0.39, 0.29) is 0 Å². The molecule has 0 spiro atoms. The first kappa shape index (κ1) is 36.6. The van der Waals surface area contributed by atoms with E-state index in [9.17, 15) is 0 Å². The minimum Gasteiger partial charge on any atom is -0.208 e. The fraction of sp³-hybridized carbons (Fsp3) is 0.0556. The maximum Gasteiger partial charge on any atom is 0.164 e. The molecule has 0 fully saturated rings. The molecule has 0 bridgehead atoms. The highest BCUT2D eigenvalue weighted by Gasteiger charge is 2.18. The number of nitrogens with zero attached hydrogens (tertiary/aromatic N) is 3. The Kier molecular flexibility index (Phi) is 10.0. The zero-order valence-corrected chi connectivity index (χ0v) is 34.0. The number of aromatic nitrogens is 3. The summed E-state index contributed by atoms with van der Waals surface area (Å²) in [4.78, 5) is 15.6. The molecule has 1 heterocycles. The van der Waals surface area contributed by atoms with Crippen LogP contribution in [0.5, 0.6) is 0 Å². The van der Waals surface area contributed by atoms with Crippen molar-refractivity contribution < 1.29 is 0 Å².